The second kappa shape index (κ2) is 7.68. The standard InChI is InChI=1S/C22H22N4O2/c1-26-20-13-7-12-19(17(20)14-23-26)25-22(28)16-10-5-6-11-18(16)24-21(27)15-8-3-2-4-9-15/h2-6,8-11,14,19H,7,12-13H2,1H3,(H,24,27)(H,25,28). The fraction of sp³-hybridized carbons (Fsp3) is 0.227. The van der Waals surface area contributed by atoms with Gasteiger partial charge in [-0.3, -0.25) is 14.3 Å². The molecule has 1 aliphatic rings. The molecule has 6 nitrogen and oxygen atoms in total. The van der Waals surface area contributed by atoms with Gasteiger partial charge in [-0.05, 0) is 43.5 Å². The van der Waals surface area contributed by atoms with Crippen molar-refractivity contribution >= 4 is 17.5 Å². The summed E-state index contributed by atoms with van der Waals surface area (Å²) < 4.78 is 1.88. The average molecular weight is 374 g/mol. The van der Waals surface area contributed by atoms with Gasteiger partial charge >= 0.3 is 0 Å². The number of hydrogen-bond acceptors (Lipinski definition) is 3. The zero-order chi connectivity index (χ0) is 19.5. The first-order chi connectivity index (χ1) is 13.6. The Balaban J connectivity index is 1.54. The first-order valence-electron chi connectivity index (χ1n) is 9.40. The lowest BCUT2D eigenvalue weighted by molar-refractivity contribution is 0.0933. The lowest BCUT2D eigenvalue weighted by Crippen LogP contribution is -2.31. The molecule has 4 rings (SSSR count). The number of benzene rings is 2. The molecule has 0 saturated heterocycles. The first-order valence-corrected chi connectivity index (χ1v) is 9.40. The molecule has 1 aromatic heterocycles. The third-order valence-electron chi connectivity index (χ3n) is 5.14. The van der Waals surface area contributed by atoms with Gasteiger partial charge < -0.3 is 10.6 Å². The van der Waals surface area contributed by atoms with E-state index in [1.54, 1.807) is 36.4 Å². The van der Waals surface area contributed by atoms with Gasteiger partial charge in [0.1, 0.15) is 0 Å². The number of carbonyl (C=O) groups is 2. The molecule has 142 valence electrons. The Hall–Kier alpha value is -3.41. The molecular weight excluding hydrogens is 352 g/mol. The van der Waals surface area contributed by atoms with Crippen LogP contribution in [0.25, 0.3) is 0 Å². The minimum absolute atomic E-state index is 0.0668. The monoisotopic (exact) mass is 374 g/mol. The van der Waals surface area contributed by atoms with Crippen LogP contribution >= 0.6 is 0 Å². The number of para-hydroxylation sites is 1. The maximum absolute atomic E-state index is 13.0. The number of nitrogens with one attached hydrogen (secondary N) is 2. The Morgan fingerprint density at radius 2 is 1.79 bits per heavy atom. The number of nitrogens with zero attached hydrogens (tertiary/aromatic N) is 2. The van der Waals surface area contributed by atoms with Crippen LogP contribution in [-0.2, 0) is 13.5 Å². The summed E-state index contributed by atoms with van der Waals surface area (Å²) in [7, 11) is 1.93. The van der Waals surface area contributed by atoms with Gasteiger partial charge in [-0.1, -0.05) is 30.3 Å². The highest BCUT2D eigenvalue weighted by Gasteiger charge is 2.26. The highest BCUT2D eigenvalue weighted by atomic mass is 16.2. The third-order valence-corrected chi connectivity index (χ3v) is 5.14. The molecule has 0 radical (unpaired) electrons. The molecular formula is C22H22N4O2. The van der Waals surface area contributed by atoms with Crippen LogP contribution < -0.4 is 10.6 Å². The number of carbonyl (C=O) groups excluding carboxylic acids is 2. The number of aromatic nitrogens is 2. The maximum Gasteiger partial charge on any atom is 0.255 e. The number of anilines is 1. The van der Waals surface area contributed by atoms with Crippen LogP contribution in [0.3, 0.4) is 0 Å². The molecule has 1 atom stereocenters. The molecule has 28 heavy (non-hydrogen) atoms. The van der Waals surface area contributed by atoms with Crippen molar-refractivity contribution in [1.82, 2.24) is 15.1 Å². The molecule has 0 spiro atoms. The Labute approximate surface area is 163 Å². The topological polar surface area (TPSA) is 76.0 Å². The van der Waals surface area contributed by atoms with E-state index in [2.05, 4.69) is 15.7 Å². The summed E-state index contributed by atoms with van der Waals surface area (Å²) in [5.74, 6) is -0.446. The average Bonchev–Trinajstić information content (AvgIpc) is 3.11. The van der Waals surface area contributed by atoms with E-state index in [-0.39, 0.29) is 17.9 Å². The number of hydrogen-bond donors (Lipinski definition) is 2. The summed E-state index contributed by atoms with van der Waals surface area (Å²) in [5, 5.41) is 10.3. The number of fused-ring (bicyclic) bond motifs is 1. The number of aryl methyl sites for hydroxylation is 1. The van der Waals surface area contributed by atoms with E-state index in [0.717, 1.165) is 24.8 Å². The molecule has 1 unspecified atom stereocenters. The van der Waals surface area contributed by atoms with Crippen molar-refractivity contribution in [3.63, 3.8) is 0 Å². The second-order valence-electron chi connectivity index (χ2n) is 6.95. The lowest BCUT2D eigenvalue weighted by Gasteiger charge is -2.24. The molecule has 0 aliphatic heterocycles. The molecule has 2 amide bonds. The molecule has 0 saturated carbocycles. The van der Waals surface area contributed by atoms with Gasteiger partial charge in [-0.2, -0.15) is 5.10 Å². The van der Waals surface area contributed by atoms with Crippen molar-refractivity contribution in [2.24, 2.45) is 7.05 Å². The summed E-state index contributed by atoms with van der Waals surface area (Å²) >= 11 is 0. The van der Waals surface area contributed by atoms with Crippen molar-refractivity contribution in [1.29, 1.82) is 0 Å². The highest BCUT2D eigenvalue weighted by molar-refractivity contribution is 6.09. The molecule has 1 heterocycles. The van der Waals surface area contributed by atoms with Crippen molar-refractivity contribution in [3.8, 4) is 0 Å². The van der Waals surface area contributed by atoms with Crippen LogP contribution in [0.1, 0.15) is 50.9 Å². The zero-order valence-corrected chi connectivity index (χ0v) is 15.7. The predicted molar refractivity (Wildman–Crippen MR) is 107 cm³/mol. The second-order valence-corrected chi connectivity index (χ2v) is 6.95. The quantitative estimate of drug-likeness (QED) is 0.734. The van der Waals surface area contributed by atoms with Crippen molar-refractivity contribution in [3.05, 3.63) is 83.2 Å². The fourth-order valence-corrected chi connectivity index (χ4v) is 3.67. The molecule has 6 heteroatoms. The molecule has 1 aliphatic carbocycles. The molecule has 3 aromatic rings. The summed E-state index contributed by atoms with van der Waals surface area (Å²) in [6.07, 6.45) is 4.69. The Kier molecular flexibility index (Phi) is 4.93. The minimum Gasteiger partial charge on any atom is -0.345 e. The van der Waals surface area contributed by atoms with Crippen LogP contribution in [0.2, 0.25) is 0 Å². The SMILES string of the molecule is Cn1ncc2c1CCCC2NC(=O)c1ccccc1NC(=O)c1ccccc1. The van der Waals surface area contributed by atoms with Gasteiger partial charge in [-0.15, -0.1) is 0 Å². The summed E-state index contributed by atoms with van der Waals surface area (Å²) in [6.45, 7) is 0. The highest BCUT2D eigenvalue weighted by Crippen LogP contribution is 2.30. The summed E-state index contributed by atoms with van der Waals surface area (Å²) in [4.78, 5) is 25.5. The van der Waals surface area contributed by atoms with Crippen molar-refractivity contribution in [2.75, 3.05) is 5.32 Å². The summed E-state index contributed by atoms with van der Waals surface area (Å²) in [6, 6.07) is 15.9. The predicted octanol–water partition coefficient (Wildman–Crippen LogP) is 3.48. The fourth-order valence-electron chi connectivity index (χ4n) is 3.67. The van der Waals surface area contributed by atoms with E-state index in [0.29, 0.717) is 16.8 Å². The van der Waals surface area contributed by atoms with Gasteiger partial charge in [0.2, 0.25) is 0 Å². The number of amides is 2. The molecule has 2 N–H and O–H groups in total. The van der Waals surface area contributed by atoms with Gasteiger partial charge in [0, 0.05) is 23.9 Å². The van der Waals surface area contributed by atoms with E-state index in [1.807, 2.05) is 36.1 Å². The van der Waals surface area contributed by atoms with Crippen LogP contribution in [0.5, 0.6) is 0 Å². The normalized spacial score (nSPS) is 15.5. The largest absolute Gasteiger partial charge is 0.345 e. The van der Waals surface area contributed by atoms with Gasteiger partial charge in [0.25, 0.3) is 11.8 Å². The first kappa shape index (κ1) is 18.0. The Bertz CT molecular complexity index is 1010. The van der Waals surface area contributed by atoms with Gasteiger partial charge in [0.05, 0.1) is 23.5 Å². The Morgan fingerprint density at radius 3 is 2.61 bits per heavy atom. The van der Waals surface area contributed by atoms with Crippen LogP contribution in [0.4, 0.5) is 5.69 Å². The smallest absolute Gasteiger partial charge is 0.255 e. The minimum atomic E-state index is -0.243. The van der Waals surface area contributed by atoms with Crippen LogP contribution in [0, 0.1) is 0 Å². The van der Waals surface area contributed by atoms with E-state index < -0.39 is 0 Å². The van der Waals surface area contributed by atoms with Gasteiger partial charge in [0.15, 0.2) is 0 Å². The molecule has 0 bridgehead atoms. The van der Waals surface area contributed by atoms with Crippen molar-refractivity contribution < 1.29 is 9.59 Å². The maximum atomic E-state index is 13.0. The third kappa shape index (κ3) is 3.53. The number of rotatable bonds is 4. The van der Waals surface area contributed by atoms with Crippen LogP contribution in [0.15, 0.2) is 60.8 Å². The lowest BCUT2D eigenvalue weighted by atomic mass is 9.92. The van der Waals surface area contributed by atoms with Gasteiger partial charge in [-0.25, -0.2) is 0 Å². The zero-order valence-electron chi connectivity index (χ0n) is 15.7. The molecule has 2 aromatic carbocycles. The van der Waals surface area contributed by atoms with Crippen LogP contribution in [-0.4, -0.2) is 21.6 Å². The van der Waals surface area contributed by atoms with E-state index >= 15 is 0 Å². The van der Waals surface area contributed by atoms with E-state index in [9.17, 15) is 9.59 Å². The van der Waals surface area contributed by atoms with E-state index in [1.165, 1.54) is 5.69 Å². The van der Waals surface area contributed by atoms with E-state index in [4.69, 9.17) is 0 Å². The van der Waals surface area contributed by atoms with Crippen molar-refractivity contribution in [2.45, 2.75) is 25.3 Å². The summed E-state index contributed by atoms with van der Waals surface area (Å²) in [5.41, 5.74) is 3.74. The molecule has 0 fully saturated rings. The Morgan fingerprint density at radius 1 is 1.04 bits per heavy atom.